The summed E-state index contributed by atoms with van der Waals surface area (Å²) in [7, 11) is 1.73. The summed E-state index contributed by atoms with van der Waals surface area (Å²) in [5.41, 5.74) is 1.60. The normalized spacial score (nSPS) is 11.3. The summed E-state index contributed by atoms with van der Waals surface area (Å²) < 4.78 is 15.7. The molecule has 0 bridgehead atoms. The third kappa shape index (κ3) is 7.53. The topological polar surface area (TPSA) is 85.1 Å². The largest absolute Gasteiger partial charge is 0.467 e. The van der Waals surface area contributed by atoms with Crippen molar-refractivity contribution in [1.29, 1.82) is 0 Å². The fourth-order valence-electron chi connectivity index (χ4n) is 2.33. The first-order chi connectivity index (χ1) is 13.2. The SMILES string of the molecule is CCOC(=O)c1ccc(CNC(=NC)NCCCOCc2ccco2)cc1. The third-order valence-electron chi connectivity index (χ3n) is 3.73. The molecule has 0 saturated heterocycles. The van der Waals surface area contributed by atoms with Crippen molar-refractivity contribution in [3.8, 4) is 0 Å². The van der Waals surface area contributed by atoms with Crippen LogP contribution in [0.15, 0.2) is 52.1 Å². The zero-order valence-electron chi connectivity index (χ0n) is 15.9. The van der Waals surface area contributed by atoms with Gasteiger partial charge in [0.25, 0.3) is 0 Å². The summed E-state index contributed by atoms with van der Waals surface area (Å²) in [6, 6.07) is 11.1. The molecule has 0 aliphatic heterocycles. The number of carbonyl (C=O) groups excluding carboxylic acids is 1. The lowest BCUT2D eigenvalue weighted by Gasteiger charge is -2.12. The lowest BCUT2D eigenvalue weighted by molar-refractivity contribution is 0.0526. The lowest BCUT2D eigenvalue weighted by Crippen LogP contribution is -2.37. The van der Waals surface area contributed by atoms with Crippen molar-refractivity contribution in [2.75, 3.05) is 26.8 Å². The van der Waals surface area contributed by atoms with Crippen molar-refractivity contribution >= 4 is 11.9 Å². The molecule has 0 atom stereocenters. The van der Waals surface area contributed by atoms with Gasteiger partial charge < -0.3 is 24.5 Å². The van der Waals surface area contributed by atoms with E-state index in [9.17, 15) is 4.79 Å². The first kappa shape index (κ1) is 20.5. The van der Waals surface area contributed by atoms with Gasteiger partial charge in [0.1, 0.15) is 12.4 Å². The number of benzene rings is 1. The molecule has 7 nitrogen and oxygen atoms in total. The Bertz CT molecular complexity index is 697. The van der Waals surface area contributed by atoms with Crippen molar-refractivity contribution in [2.24, 2.45) is 4.99 Å². The van der Waals surface area contributed by atoms with E-state index in [1.54, 1.807) is 32.4 Å². The standard InChI is InChI=1S/C20H27N3O4/c1-3-26-19(24)17-9-7-16(8-10-17)14-23-20(21-2)22-11-5-12-25-15-18-6-4-13-27-18/h4,6-10,13H,3,5,11-12,14-15H2,1-2H3,(H2,21,22,23). The molecule has 2 N–H and O–H groups in total. The van der Waals surface area contributed by atoms with Crippen LogP contribution >= 0.6 is 0 Å². The molecule has 2 rings (SSSR count). The Balaban J connectivity index is 1.62. The summed E-state index contributed by atoms with van der Waals surface area (Å²) >= 11 is 0. The maximum Gasteiger partial charge on any atom is 0.338 e. The van der Waals surface area contributed by atoms with Gasteiger partial charge in [-0.15, -0.1) is 0 Å². The zero-order chi connectivity index (χ0) is 19.3. The quantitative estimate of drug-likeness (QED) is 0.288. The minimum Gasteiger partial charge on any atom is -0.467 e. The number of ether oxygens (including phenoxy) is 2. The van der Waals surface area contributed by atoms with Gasteiger partial charge in [0, 0.05) is 26.7 Å². The van der Waals surface area contributed by atoms with Gasteiger partial charge in [-0.25, -0.2) is 4.79 Å². The summed E-state index contributed by atoms with van der Waals surface area (Å²) in [4.78, 5) is 15.8. The molecule has 0 aliphatic rings. The van der Waals surface area contributed by atoms with E-state index in [-0.39, 0.29) is 5.97 Å². The van der Waals surface area contributed by atoms with Crippen LogP contribution in [0.25, 0.3) is 0 Å². The highest BCUT2D eigenvalue weighted by molar-refractivity contribution is 5.89. The van der Waals surface area contributed by atoms with Crippen molar-refractivity contribution in [1.82, 2.24) is 10.6 Å². The van der Waals surface area contributed by atoms with E-state index in [1.807, 2.05) is 24.3 Å². The van der Waals surface area contributed by atoms with Crippen LogP contribution in [0.3, 0.4) is 0 Å². The summed E-state index contributed by atoms with van der Waals surface area (Å²) in [6.07, 6.45) is 2.50. The van der Waals surface area contributed by atoms with Crippen LogP contribution in [-0.2, 0) is 22.6 Å². The van der Waals surface area contributed by atoms with Gasteiger partial charge in [-0.05, 0) is 43.2 Å². The Morgan fingerprint density at radius 2 is 2.00 bits per heavy atom. The average Bonchev–Trinajstić information content (AvgIpc) is 3.21. The first-order valence-corrected chi connectivity index (χ1v) is 9.03. The second-order valence-electron chi connectivity index (χ2n) is 5.76. The van der Waals surface area contributed by atoms with Gasteiger partial charge in [-0.2, -0.15) is 0 Å². The minimum atomic E-state index is -0.302. The number of rotatable bonds is 10. The molecule has 2 aromatic rings. The summed E-state index contributed by atoms with van der Waals surface area (Å²) in [6.45, 7) is 4.65. The molecule has 7 heteroatoms. The van der Waals surface area contributed by atoms with Gasteiger partial charge in [0.05, 0.1) is 18.4 Å². The lowest BCUT2D eigenvalue weighted by atomic mass is 10.1. The van der Waals surface area contributed by atoms with E-state index in [1.165, 1.54) is 0 Å². The average molecular weight is 373 g/mol. The number of hydrogen-bond donors (Lipinski definition) is 2. The fourth-order valence-corrected chi connectivity index (χ4v) is 2.33. The third-order valence-corrected chi connectivity index (χ3v) is 3.73. The second-order valence-corrected chi connectivity index (χ2v) is 5.76. The number of nitrogens with zero attached hydrogens (tertiary/aromatic N) is 1. The Labute approximate surface area is 159 Å². The van der Waals surface area contributed by atoms with Crippen molar-refractivity contribution in [3.63, 3.8) is 0 Å². The molecule has 27 heavy (non-hydrogen) atoms. The maximum atomic E-state index is 11.6. The van der Waals surface area contributed by atoms with E-state index >= 15 is 0 Å². The molecular formula is C20H27N3O4. The molecule has 1 aromatic heterocycles. The Hall–Kier alpha value is -2.80. The monoisotopic (exact) mass is 373 g/mol. The van der Waals surface area contributed by atoms with E-state index in [0.29, 0.717) is 31.9 Å². The van der Waals surface area contributed by atoms with Crippen molar-refractivity contribution in [3.05, 3.63) is 59.5 Å². The van der Waals surface area contributed by atoms with E-state index in [0.717, 1.165) is 30.2 Å². The molecule has 0 spiro atoms. The van der Waals surface area contributed by atoms with Gasteiger partial charge >= 0.3 is 5.97 Å². The van der Waals surface area contributed by atoms with Crippen molar-refractivity contribution in [2.45, 2.75) is 26.5 Å². The number of aliphatic imine (C=N–C) groups is 1. The van der Waals surface area contributed by atoms with Gasteiger partial charge in [-0.1, -0.05) is 12.1 Å². The summed E-state index contributed by atoms with van der Waals surface area (Å²) in [5, 5.41) is 6.48. The Morgan fingerprint density at radius 1 is 1.19 bits per heavy atom. The van der Waals surface area contributed by atoms with Gasteiger partial charge in [0.15, 0.2) is 5.96 Å². The fraction of sp³-hybridized carbons (Fsp3) is 0.400. The van der Waals surface area contributed by atoms with E-state index in [4.69, 9.17) is 13.9 Å². The van der Waals surface area contributed by atoms with Gasteiger partial charge in [-0.3, -0.25) is 4.99 Å². The Kier molecular flexibility index (Phi) is 8.92. The van der Waals surface area contributed by atoms with E-state index in [2.05, 4.69) is 15.6 Å². The first-order valence-electron chi connectivity index (χ1n) is 9.03. The Morgan fingerprint density at radius 3 is 2.67 bits per heavy atom. The molecule has 0 amide bonds. The minimum absolute atomic E-state index is 0.302. The van der Waals surface area contributed by atoms with Crippen LogP contribution in [-0.4, -0.2) is 38.7 Å². The zero-order valence-corrected chi connectivity index (χ0v) is 15.9. The number of esters is 1. The highest BCUT2D eigenvalue weighted by Gasteiger charge is 2.06. The predicted molar refractivity (Wildman–Crippen MR) is 104 cm³/mol. The van der Waals surface area contributed by atoms with Crippen LogP contribution in [0.4, 0.5) is 0 Å². The molecule has 0 saturated carbocycles. The molecule has 0 unspecified atom stereocenters. The highest BCUT2D eigenvalue weighted by atomic mass is 16.5. The van der Waals surface area contributed by atoms with Gasteiger partial charge in [0.2, 0.25) is 0 Å². The number of guanidine groups is 1. The van der Waals surface area contributed by atoms with Crippen LogP contribution in [0, 0.1) is 0 Å². The van der Waals surface area contributed by atoms with Crippen LogP contribution in [0.1, 0.15) is 35.0 Å². The highest BCUT2D eigenvalue weighted by Crippen LogP contribution is 2.06. The molecule has 0 fully saturated rings. The summed E-state index contributed by atoms with van der Waals surface area (Å²) in [5.74, 6) is 1.24. The molecule has 1 heterocycles. The second kappa shape index (κ2) is 11.7. The van der Waals surface area contributed by atoms with Crippen molar-refractivity contribution < 1.29 is 18.7 Å². The van der Waals surface area contributed by atoms with Crippen LogP contribution < -0.4 is 10.6 Å². The molecule has 1 aromatic carbocycles. The molecular weight excluding hydrogens is 346 g/mol. The van der Waals surface area contributed by atoms with E-state index < -0.39 is 0 Å². The molecule has 146 valence electrons. The number of furan rings is 1. The maximum absolute atomic E-state index is 11.6. The molecule has 0 aliphatic carbocycles. The smallest absolute Gasteiger partial charge is 0.338 e. The molecule has 0 radical (unpaired) electrons. The predicted octanol–water partition coefficient (Wildman–Crippen LogP) is 2.73. The van der Waals surface area contributed by atoms with Crippen LogP contribution in [0.5, 0.6) is 0 Å². The number of hydrogen-bond acceptors (Lipinski definition) is 5. The number of carbonyl (C=O) groups is 1. The van der Waals surface area contributed by atoms with Crippen LogP contribution in [0.2, 0.25) is 0 Å². The number of nitrogens with one attached hydrogen (secondary N) is 2.